The number of esters is 1. The summed E-state index contributed by atoms with van der Waals surface area (Å²) in [6, 6.07) is 9.02. The Balaban J connectivity index is 1.42. The van der Waals surface area contributed by atoms with Gasteiger partial charge in [-0.3, -0.25) is 4.79 Å². The van der Waals surface area contributed by atoms with Crippen molar-refractivity contribution in [3.63, 3.8) is 0 Å². The van der Waals surface area contributed by atoms with Gasteiger partial charge in [0.05, 0.1) is 24.2 Å². The highest BCUT2D eigenvalue weighted by atomic mass is 16.5. The molecule has 4 rings (SSSR count). The maximum atomic E-state index is 12.9. The van der Waals surface area contributed by atoms with E-state index in [2.05, 4.69) is 20.0 Å². The molecule has 0 spiro atoms. The molecule has 3 aromatic rings. The molecular weight excluding hydrogens is 396 g/mol. The predicted octanol–water partition coefficient (Wildman–Crippen LogP) is 2.11. The molecule has 160 valence electrons. The van der Waals surface area contributed by atoms with Crippen molar-refractivity contribution >= 4 is 17.8 Å². The summed E-state index contributed by atoms with van der Waals surface area (Å²) in [5.74, 6) is 0.290. The summed E-state index contributed by atoms with van der Waals surface area (Å²) in [7, 11) is 0. The number of hydrogen-bond donors (Lipinski definition) is 0. The van der Waals surface area contributed by atoms with Crippen molar-refractivity contribution in [3.8, 4) is 5.69 Å². The second-order valence-corrected chi connectivity index (χ2v) is 7.15. The van der Waals surface area contributed by atoms with Crippen molar-refractivity contribution in [3.05, 3.63) is 65.7 Å². The average molecular weight is 420 g/mol. The van der Waals surface area contributed by atoms with E-state index in [1.54, 1.807) is 42.2 Å². The first-order chi connectivity index (χ1) is 15.1. The van der Waals surface area contributed by atoms with Gasteiger partial charge < -0.3 is 14.5 Å². The maximum Gasteiger partial charge on any atom is 0.341 e. The van der Waals surface area contributed by atoms with Crippen molar-refractivity contribution in [1.29, 1.82) is 0 Å². The molecule has 0 bridgehead atoms. The molecule has 31 heavy (non-hydrogen) atoms. The molecule has 0 atom stereocenters. The Morgan fingerprint density at radius 2 is 1.71 bits per heavy atom. The van der Waals surface area contributed by atoms with E-state index in [-0.39, 0.29) is 5.91 Å². The minimum Gasteiger partial charge on any atom is -0.462 e. The summed E-state index contributed by atoms with van der Waals surface area (Å²) in [6.45, 7) is 6.50. The van der Waals surface area contributed by atoms with E-state index in [0.29, 0.717) is 55.6 Å². The van der Waals surface area contributed by atoms with Gasteiger partial charge in [0.2, 0.25) is 5.95 Å². The van der Waals surface area contributed by atoms with Crippen molar-refractivity contribution < 1.29 is 14.3 Å². The average Bonchev–Trinajstić information content (AvgIpc) is 3.21. The van der Waals surface area contributed by atoms with Gasteiger partial charge in [-0.1, -0.05) is 0 Å². The fraction of sp³-hybridized carbons (Fsp3) is 0.318. The van der Waals surface area contributed by atoms with Crippen LogP contribution in [0, 0.1) is 6.92 Å². The first kappa shape index (κ1) is 20.5. The molecule has 0 unspecified atom stereocenters. The highest BCUT2D eigenvalue weighted by Gasteiger charge is 2.23. The Hall–Kier alpha value is -3.75. The number of nitrogens with zero attached hydrogens (tertiary/aromatic N) is 6. The Morgan fingerprint density at radius 1 is 1.03 bits per heavy atom. The summed E-state index contributed by atoms with van der Waals surface area (Å²) in [5.41, 5.74) is 2.51. The van der Waals surface area contributed by atoms with Gasteiger partial charge in [0, 0.05) is 44.1 Å². The van der Waals surface area contributed by atoms with E-state index in [1.807, 2.05) is 24.0 Å². The SMILES string of the molecule is CCOC(=O)c1cnn(-c2ccc(C(=O)N3CCN(c4ncccn4)CC3)cc2)c1C. The van der Waals surface area contributed by atoms with Gasteiger partial charge >= 0.3 is 5.97 Å². The Labute approximate surface area is 180 Å². The van der Waals surface area contributed by atoms with Gasteiger partial charge in [-0.25, -0.2) is 19.4 Å². The van der Waals surface area contributed by atoms with Crippen LogP contribution in [0.25, 0.3) is 5.69 Å². The lowest BCUT2D eigenvalue weighted by Crippen LogP contribution is -2.49. The molecule has 0 radical (unpaired) electrons. The first-order valence-electron chi connectivity index (χ1n) is 10.2. The quantitative estimate of drug-likeness (QED) is 0.584. The summed E-state index contributed by atoms with van der Waals surface area (Å²) in [4.78, 5) is 37.4. The van der Waals surface area contributed by atoms with Crippen LogP contribution in [-0.4, -0.2) is 69.3 Å². The third-order valence-electron chi connectivity index (χ3n) is 5.27. The zero-order valence-electron chi connectivity index (χ0n) is 17.6. The van der Waals surface area contributed by atoms with E-state index in [1.165, 1.54) is 6.20 Å². The zero-order chi connectivity index (χ0) is 21.8. The first-order valence-corrected chi connectivity index (χ1v) is 10.2. The fourth-order valence-corrected chi connectivity index (χ4v) is 3.57. The molecule has 1 aliphatic heterocycles. The molecule has 0 aliphatic carbocycles. The number of anilines is 1. The van der Waals surface area contributed by atoms with Crippen LogP contribution in [0.15, 0.2) is 48.9 Å². The van der Waals surface area contributed by atoms with Crippen LogP contribution in [0.3, 0.4) is 0 Å². The van der Waals surface area contributed by atoms with Crippen LogP contribution in [0.1, 0.15) is 33.3 Å². The van der Waals surface area contributed by atoms with Gasteiger partial charge in [-0.2, -0.15) is 5.10 Å². The van der Waals surface area contributed by atoms with Gasteiger partial charge in [-0.05, 0) is 44.2 Å². The molecular formula is C22H24N6O3. The minimum atomic E-state index is -0.391. The highest BCUT2D eigenvalue weighted by molar-refractivity contribution is 5.94. The standard InChI is InChI=1S/C22H24N6O3/c1-3-31-21(30)19-15-25-28(16(19)2)18-7-5-17(6-8-18)20(29)26-11-13-27(14-12-26)22-23-9-4-10-24-22/h4-10,15H,3,11-14H2,1-2H3. The van der Waals surface area contributed by atoms with Gasteiger partial charge in [0.1, 0.15) is 5.56 Å². The third-order valence-corrected chi connectivity index (χ3v) is 5.27. The summed E-state index contributed by atoms with van der Waals surface area (Å²) < 4.78 is 6.72. The number of benzene rings is 1. The number of hydrogen-bond acceptors (Lipinski definition) is 7. The molecule has 0 N–H and O–H groups in total. The van der Waals surface area contributed by atoms with Gasteiger partial charge in [-0.15, -0.1) is 0 Å². The number of ether oxygens (including phenoxy) is 1. The zero-order valence-corrected chi connectivity index (χ0v) is 17.6. The van der Waals surface area contributed by atoms with Gasteiger partial charge in [0.15, 0.2) is 0 Å². The normalized spacial score (nSPS) is 13.9. The van der Waals surface area contributed by atoms with Crippen LogP contribution in [0.2, 0.25) is 0 Å². The molecule has 2 aromatic heterocycles. The molecule has 1 aliphatic rings. The predicted molar refractivity (Wildman–Crippen MR) is 114 cm³/mol. The summed E-state index contributed by atoms with van der Waals surface area (Å²) >= 11 is 0. The number of carbonyl (C=O) groups excluding carboxylic acids is 2. The molecule has 9 nitrogen and oxygen atoms in total. The number of piperazine rings is 1. The van der Waals surface area contributed by atoms with Crippen LogP contribution in [0.5, 0.6) is 0 Å². The molecule has 0 saturated carbocycles. The second-order valence-electron chi connectivity index (χ2n) is 7.15. The topological polar surface area (TPSA) is 93.4 Å². The van der Waals surface area contributed by atoms with Crippen LogP contribution in [-0.2, 0) is 4.74 Å². The van der Waals surface area contributed by atoms with E-state index in [9.17, 15) is 9.59 Å². The number of rotatable bonds is 5. The number of amides is 1. The lowest BCUT2D eigenvalue weighted by atomic mass is 10.1. The van der Waals surface area contributed by atoms with E-state index in [4.69, 9.17) is 4.74 Å². The smallest absolute Gasteiger partial charge is 0.341 e. The highest BCUT2D eigenvalue weighted by Crippen LogP contribution is 2.18. The van der Waals surface area contributed by atoms with Crippen molar-refractivity contribution in [1.82, 2.24) is 24.6 Å². The maximum absolute atomic E-state index is 12.9. The number of carbonyl (C=O) groups is 2. The molecule has 3 heterocycles. The number of aromatic nitrogens is 4. The summed E-state index contributed by atoms with van der Waals surface area (Å²) in [6.07, 6.45) is 4.94. The van der Waals surface area contributed by atoms with E-state index in [0.717, 1.165) is 5.69 Å². The lowest BCUT2D eigenvalue weighted by Gasteiger charge is -2.34. The Morgan fingerprint density at radius 3 is 2.35 bits per heavy atom. The van der Waals surface area contributed by atoms with E-state index >= 15 is 0 Å². The Kier molecular flexibility index (Phi) is 5.92. The molecule has 1 amide bonds. The van der Waals surface area contributed by atoms with Gasteiger partial charge in [0.25, 0.3) is 5.91 Å². The molecule has 1 fully saturated rings. The van der Waals surface area contributed by atoms with Crippen LogP contribution >= 0.6 is 0 Å². The van der Waals surface area contributed by atoms with Crippen molar-refractivity contribution in [2.75, 3.05) is 37.7 Å². The fourth-order valence-electron chi connectivity index (χ4n) is 3.57. The Bertz CT molecular complexity index is 1060. The van der Waals surface area contributed by atoms with Crippen LogP contribution < -0.4 is 4.90 Å². The monoisotopic (exact) mass is 420 g/mol. The molecule has 1 aromatic carbocycles. The second kappa shape index (κ2) is 8.95. The lowest BCUT2D eigenvalue weighted by molar-refractivity contribution is 0.0525. The van der Waals surface area contributed by atoms with Crippen molar-refractivity contribution in [2.45, 2.75) is 13.8 Å². The molecule has 9 heteroatoms. The van der Waals surface area contributed by atoms with Crippen LogP contribution in [0.4, 0.5) is 5.95 Å². The van der Waals surface area contributed by atoms with E-state index < -0.39 is 5.97 Å². The largest absolute Gasteiger partial charge is 0.462 e. The molecule has 1 saturated heterocycles. The third kappa shape index (κ3) is 4.25. The minimum absolute atomic E-state index is 0.00965. The summed E-state index contributed by atoms with van der Waals surface area (Å²) in [5, 5.41) is 4.29. The van der Waals surface area contributed by atoms with Crippen molar-refractivity contribution in [2.24, 2.45) is 0 Å².